The van der Waals surface area contributed by atoms with Crippen LogP contribution in [0, 0.1) is 0 Å². The lowest BCUT2D eigenvalue weighted by Gasteiger charge is -2.11. The molecule has 0 aliphatic rings. The van der Waals surface area contributed by atoms with Crippen molar-refractivity contribution in [2.45, 2.75) is 26.4 Å². The van der Waals surface area contributed by atoms with Gasteiger partial charge in [0, 0.05) is 0 Å². The highest BCUT2D eigenvalue weighted by Gasteiger charge is 2.21. The molecule has 0 radical (unpaired) electrons. The van der Waals surface area contributed by atoms with Crippen LogP contribution in [0.2, 0.25) is 0 Å². The summed E-state index contributed by atoms with van der Waals surface area (Å²) in [4.78, 5) is 16.0. The molecule has 1 heterocycles. The number of nitrogens with zero attached hydrogens (tertiary/aromatic N) is 1. The maximum atomic E-state index is 11.6. The number of benzene rings is 1. The van der Waals surface area contributed by atoms with E-state index in [9.17, 15) is 9.90 Å². The van der Waals surface area contributed by atoms with Crippen molar-refractivity contribution >= 4 is 27.5 Å². The molecule has 0 aliphatic carbocycles. The number of hydrogen-bond donors (Lipinski definition) is 1. The summed E-state index contributed by atoms with van der Waals surface area (Å²) >= 11 is 1.38. The molecule has 96 valence electrons. The Morgan fingerprint density at radius 3 is 2.83 bits per heavy atom. The minimum absolute atomic E-state index is 0.336. The van der Waals surface area contributed by atoms with Crippen LogP contribution < -0.4 is 0 Å². The standard InChI is InChI=1S/C13H15NO3S/c1-4-17-11(15)8-5-6-9-10(7-8)18-12(14-9)13(2,3)16/h5-7,16H,4H2,1-3H3. The molecular weight excluding hydrogens is 250 g/mol. The van der Waals surface area contributed by atoms with Crippen LogP contribution in [0.3, 0.4) is 0 Å². The van der Waals surface area contributed by atoms with Gasteiger partial charge in [-0.25, -0.2) is 9.78 Å². The van der Waals surface area contributed by atoms with Crippen LogP contribution in [0.1, 0.15) is 36.1 Å². The predicted octanol–water partition coefficient (Wildman–Crippen LogP) is 2.70. The fourth-order valence-corrected chi connectivity index (χ4v) is 2.53. The Hall–Kier alpha value is -1.46. The van der Waals surface area contributed by atoms with Gasteiger partial charge in [-0.05, 0) is 39.0 Å². The van der Waals surface area contributed by atoms with Gasteiger partial charge in [0.1, 0.15) is 10.6 Å². The van der Waals surface area contributed by atoms with E-state index in [4.69, 9.17) is 4.74 Å². The summed E-state index contributed by atoms with van der Waals surface area (Å²) < 4.78 is 5.82. The number of carbonyl (C=O) groups excluding carboxylic acids is 1. The number of rotatable bonds is 3. The molecule has 0 aliphatic heterocycles. The van der Waals surface area contributed by atoms with Gasteiger partial charge in [0.25, 0.3) is 0 Å². The van der Waals surface area contributed by atoms with E-state index < -0.39 is 5.60 Å². The third kappa shape index (κ3) is 2.52. The molecule has 2 rings (SSSR count). The second kappa shape index (κ2) is 4.66. The van der Waals surface area contributed by atoms with Crippen LogP contribution in [-0.4, -0.2) is 22.7 Å². The second-order valence-electron chi connectivity index (χ2n) is 4.48. The van der Waals surface area contributed by atoms with Gasteiger partial charge in [0.05, 0.1) is 22.4 Å². The summed E-state index contributed by atoms with van der Waals surface area (Å²) in [5.74, 6) is -0.336. The first-order chi connectivity index (χ1) is 8.41. The molecule has 1 N–H and O–H groups in total. The van der Waals surface area contributed by atoms with Gasteiger partial charge in [-0.2, -0.15) is 0 Å². The number of aromatic nitrogens is 1. The summed E-state index contributed by atoms with van der Waals surface area (Å²) in [6, 6.07) is 5.21. The van der Waals surface area contributed by atoms with Crippen molar-refractivity contribution in [3.63, 3.8) is 0 Å². The van der Waals surface area contributed by atoms with Gasteiger partial charge in [0.15, 0.2) is 0 Å². The van der Waals surface area contributed by atoms with Crippen molar-refractivity contribution in [2.24, 2.45) is 0 Å². The highest BCUT2D eigenvalue weighted by atomic mass is 32.1. The van der Waals surface area contributed by atoms with Gasteiger partial charge >= 0.3 is 5.97 Å². The lowest BCUT2D eigenvalue weighted by atomic mass is 10.1. The normalized spacial score (nSPS) is 11.8. The summed E-state index contributed by atoms with van der Waals surface area (Å²) in [6.07, 6.45) is 0. The fourth-order valence-electron chi connectivity index (χ4n) is 1.53. The first-order valence-corrected chi connectivity index (χ1v) is 6.54. The number of fused-ring (bicyclic) bond motifs is 1. The molecule has 0 saturated carbocycles. The van der Waals surface area contributed by atoms with Crippen molar-refractivity contribution in [1.82, 2.24) is 4.98 Å². The molecule has 0 spiro atoms. The molecule has 5 heteroatoms. The van der Waals surface area contributed by atoms with E-state index in [1.165, 1.54) is 11.3 Å². The summed E-state index contributed by atoms with van der Waals surface area (Å²) in [7, 11) is 0. The minimum atomic E-state index is -0.965. The molecule has 0 atom stereocenters. The van der Waals surface area contributed by atoms with Crippen LogP contribution >= 0.6 is 11.3 Å². The summed E-state index contributed by atoms with van der Waals surface area (Å²) in [5.41, 5.74) is 0.328. The Labute approximate surface area is 109 Å². The van der Waals surface area contributed by atoms with Crippen molar-refractivity contribution in [3.8, 4) is 0 Å². The number of hydrogen-bond acceptors (Lipinski definition) is 5. The van der Waals surface area contributed by atoms with Crippen molar-refractivity contribution < 1.29 is 14.6 Å². The highest BCUT2D eigenvalue weighted by Crippen LogP contribution is 2.30. The summed E-state index contributed by atoms with van der Waals surface area (Å²) in [5, 5.41) is 10.5. The lowest BCUT2D eigenvalue weighted by molar-refractivity contribution is 0.0526. The number of ether oxygens (including phenoxy) is 1. The number of aliphatic hydroxyl groups is 1. The van der Waals surface area contributed by atoms with Crippen LogP contribution in [0.4, 0.5) is 0 Å². The first-order valence-electron chi connectivity index (χ1n) is 5.72. The third-order valence-corrected chi connectivity index (χ3v) is 3.75. The van der Waals surface area contributed by atoms with Crippen LogP contribution in [0.25, 0.3) is 10.2 Å². The van der Waals surface area contributed by atoms with E-state index in [0.29, 0.717) is 17.2 Å². The zero-order chi connectivity index (χ0) is 13.3. The predicted molar refractivity (Wildman–Crippen MR) is 70.8 cm³/mol. The molecule has 0 bridgehead atoms. The number of carbonyl (C=O) groups is 1. The van der Waals surface area contributed by atoms with Gasteiger partial charge in [0.2, 0.25) is 0 Å². The van der Waals surface area contributed by atoms with Crippen LogP contribution in [0.5, 0.6) is 0 Å². The van der Waals surface area contributed by atoms with Gasteiger partial charge < -0.3 is 9.84 Å². The Balaban J connectivity index is 2.43. The van der Waals surface area contributed by atoms with Gasteiger partial charge in [-0.15, -0.1) is 11.3 Å². The molecule has 0 fully saturated rings. The van der Waals surface area contributed by atoms with E-state index in [1.54, 1.807) is 39.0 Å². The maximum absolute atomic E-state index is 11.6. The zero-order valence-corrected chi connectivity index (χ0v) is 11.4. The molecule has 4 nitrogen and oxygen atoms in total. The van der Waals surface area contributed by atoms with E-state index >= 15 is 0 Å². The van der Waals surface area contributed by atoms with Gasteiger partial charge in [-0.1, -0.05) is 0 Å². The average Bonchev–Trinajstić information content (AvgIpc) is 2.71. The smallest absolute Gasteiger partial charge is 0.338 e. The quantitative estimate of drug-likeness (QED) is 0.867. The van der Waals surface area contributed by atoms with Crippen LogP contribution in [-0.2, 0) is 10.3 Å². The second-order valence-corrected chi connectivity index (χ2v) is 5.51. The Morgan fingerprint density at radius 2 is 2.22 bits per heavy atom. The Kier molecular flexibility index (Phi) is 3.36. The largest absolute Gasteiger partial charge is 0.462 e. The van der Waals surface area contributed by atoms with Gasteiger partial charge in [-0.3, -0.25) is 0 Å². The molecule has 1 aromatic carbocycles. The number of esters is 1. The van der Waals surface area contributed by atoms with E-state index in [0.717, 1.165) is 10.2 Å². The molecule has 0 amide bonds. The number of thiazole rings is 1. The molecule has 0 unspecified atom stereocenters. The fraction of sp³-hybridized carbons (Fsp3) is 0.385. The maximum Gasteiger partial charge on any atom is 0.338 e. The monoisotopic (exact) mass is 265 g/mol. The molecule has 1 aromatic heterocycles. The summed E-state index contributed by atoms with van der Waals surface area (Å²) in [6.45, 7) is 5.51. The first kappa shape index (κ1) is 13.0. The minimum Gasteiger partial charge on any atom is -0.462 e. The molecular formula is C13H15NO3S. The Morgan fingerprint density at radius 1 is 1.50 bits per heavy atom. The Bertz CT molecular complexity index is 583. The SMILES string of the molecule is CCOC(=O)c1ccc2nc(C(C)(C)O)sc2c1. The van der Waals surface area contributed by atoms with Crippen LogP contribution in [0.15, 0.2) is 18.2 Å². The molecule has 18 heavy (non-hydrogen) atoms. The molecule has 0 saturated heterocycles. The topological polar surface area (TPSA) is 59.4 Å². The average molecular weight is 265 g/mol. The lowest BCUT2D eigenvalue weighted by Crippen LogP contribution is -2.14. The van der Waals surface area contributed by atoms with E-state index in [2.05, 4.69) is 4.98 Å². The molecule has 2 aromatic rings. The van der Waals surface area contributed by atoms with Crippen molar-refractivity contribution in [2.75, 3.05) is 6.61 Å². The van der Waals surface area contributed by atoms with E-state index in [1.807, 2.05) is 0 Å². The third-order valence-electron chi connectivity index (χ3n) is 2.42. The van der Waals surface area contributed by atoms with E-state index in [-0.39, 0.29) is 5.97 Å². The zero-order valence-electron chi connectivity index (χ0n) is 10.6. The van der Waals surface area contributed by atoms with Crippen molar-refractivity contribution in [1.29, 1.82) is 0 Å². The van der Waals surface area contributed by atoms with Crippen molar-refractivity contribution in [3.05, 3.63) is 28.8 Å². The highest BCUT2D eigenvalue weighted by molar-refractivity contribution is 7.18.